The first-order valence-electron chi connectivity index (χ1n) is 20.7. The summed E-state index contributed by atoms with van der Waals surface area (Å²) in [5, 5.41) is 12.7. The third kappa shape index (κ3) is 5.82. The van der Waals surface area contributed by atoms with Crippen LogP contribution >= 0.6 is 0 Å². The lowest BCUT2D eigenvalue weighted by Crippen LogP contribution is -2.32. The third-order valence-electron chi connectivity index (χ3n) is 12.3. The summed E-state index contributed by atoms with van der Waals surface area (Å²) in [5.41, 5.74) is 12.5. The van der Waals surface area contributed by atoms with Crippen LogP contribution in [0.5, 0.6) is 0 Å². The smallest absolute Gasteiger partial charge is 0.159 e. The van der Waals surface area contributed by atoms with Gasteiger partial charge in [0.25, 0.3) is 0 Å². The molecule has 0 radical (unpaired) electrons. The van der Waals surface area contributed by atoms with E-state index in [1.54, 1.807) is 0 Å². The van der Waals surface area contributed by atoms with E-state index in [0.717, 1.165) is 67.2 Å². The molecule has 0 fully saturated rings. The van der Waals surface area contributed by atoms with Crippen LogP contribution in [-0.2, 0) is 16.2 Å². The van der Waals surface area contributed by atoms with Crippen molar-refractivity contribution in [2.24, 2.45) is 0 Å². The third-order valence-corrected chi connectivity index (χ3v) is 12.3. The molecule has 0 atom stereocenters. The van der Waals surface area contributed by atoms with E-state index in [0.29, 0.717) is 0 Å². The summed E-state index contributed by atoms with van der Waals surface area (Å²) in [5.74, 6) is 0.868. The number of aromatic amines is 1. The van der Waals surface area contributed by atoms with Crippen molar-refractivity contribution in [3.05, 3.63) is 203 Å². The van der Waals surface area contributed by atoms with Crippen LogP contribution in [0, 0.1) is 6.92 Å². The SMILES string of the molecule is Cc1cc(-n2c3ccccc3c3ccc(C(c4ccc(C(C)(C)C)cc4)(c4ccc(C(C)(C)C)cc4)c4ccc5c6ccccc6n(-c6ccccc6)c5n4)cc32)n[nH]1. The lowest BCUT2D eigenvalue weighted by molar-refractivity contribution is 0.588. The largest absolute Gasteiger partial charge is 0.294 e. The zero-order valence-corrected chi connectivity index (χ0v) is 34.9. The molecule has 0 spiro atoms. The number of H-pyrrole nitrogens is 1. The molecule has 6 aromatic carbocycles. The highest BCUT2D eigenvalue weighted by Gasteiger charge is 2.41. The quantitative estimate of drug-likeness (QED) is 0.171. The highest BCUT2D eigenvalue weighted by Crippen LogP contribution is 2.48. The van der Waals surface area contributed by atoms with E-state index < -0.39 is 5.41 Å². The molecule has 0 amide bonds. The number of fused-ring (bicyclic) bond motifs is 6. The van der Waals surface area contributed by atoms with Crippen LogP contribution in [0.4, 0.5) is 0 Å². The average Bonchev–Trinajstić information content (AvgIpc) is 3.92. The van der Waals surface area contributed by atoms with Gasteiger partial charge in [0, 0.05) is 39.0 Å². The van der Waals surface area contributed by atoms with Gasteiger partial charge in [-0.2, -0.15) is 5.10 Å². The number of nitrogens with zero attached hydrogens (tertiary/aromatic N) is 4. The standard InChI is InChI=1S/C54H49N5/c1-35-33-50(57-56-35)59-47-20-14-11-17-42(47)44-30-29-40(34-48(44)59)54(38-25-21-36(22-26-38)52(2,3)4,39-27-23-37(24-28-39)53(5,6)7)49-32-31-45-43-18-12-13-19-46(43)58(51(45)55-49)41-15-9-8-10-16-41/h8-34H,1-7H3,(H,56,57). The molecule has 10 rings (SSSR count). The minimum Gasteiger partial charge on any atom is -0.294 e. The predicted octanol–water partition coefficient (Wildman–Crippen LogP) is 13.3. The molecule has 10 aromatic rings. The Balaban J connectivity index is 1.36. The van der Waals surface area contributed by atoms with E-state index in [1.165, 1.54) is 27.3 Å². The maximum absolute atomic E-state index is 5.88. The Morgan fingerprint density at radius 2 is 0.932 bits per heavy atom. The van der Waals surface area contributed by atoms with Crippen molar-refractivity contribution in [3.63, 3.8) is 0 Å². The summed E-state index contributed by atoms with van der Waals surface area (Å²) in [6.45, 7) is 15.7. The second-order valence-electron chi connectivity index (χ2n) is 18.2. The number of para-hydroxylation sites is 3. The van der Waals surface area contributed by atoms with Gasteiger partial charge in [-0.1, -0.05) is 157 Å². The molecule has 5 heteroatoms. The van der Waals surface area contributed by atoms with E-state index in [1.807, 2.05) is 0 Å². The fraction of sp³-hybridized carbons (Fsp3) is 0.185. The summed E-state index contributed by atoms with van der Waals surface area (Å²) in [6.07, 6.45) is 0. The molecule has 0 aliphatic heterocycles. The molecule has 290 valence electrons. The number of benzene rings is 6. The lowest BCUT2D eigenvalue weighted by atomic mass is 9.66. The van der Waals surface area contributed by atoms with Crippen LogP contribution in [0.25, 0.3) is 55.2 Å². The van der Waals surface area contributed by atoms with Gasteiger partial charge < -0.3 is 0 Å². The van der Waals surface area contributed by atoms with Crippen molar-refractivity contribution >= 4 is 43.7 Å². The zero-order valence-electron chi connectivity index (χ0n) is 34.9. The first-order valence-corrected chi connectivity index (χ1v) is 20.7. The topological polar surface area (TPSA) is 51.4 Å². The monoisotopic (exact) mass is 767 g/mol. The van der Waals surface area contributed by atoms with E-state index in [2.05, 4.69) is 226 Å². The number of nitrogens with one attached hydrogen (secondary N) is 1. The second kappa shape index (κ2) is 13.4. The Morgan fingerprint density at radius 1 is 0.441 bits per heavy atom. The fourth-order valence-corrected chi connectivity index (χ4v) is 9.24. The Hall–Kier alpha value is -6.72. The maximum atomic E-state index is 5.88. The van der Waals surface area contributed by atoms with Crippen LogP contribution in [0.2, 0.25) is 0 Å². The molecule has 0 aliphatic carbocycles. The second-order valence-corrected chi connectivity index (χ2v) is 18.2. The Morgan fingerprint density at radius 3 is 1.51 bits per heavy atom. The molecular formula is C54H49N5. The van der Waals surface area contributed by atoms with E-state index in [-0.39, 0.29) is 10.8 Å². The maximum Gasteiger partial charge on any atom is 0.159 e. The van der Waals surface area contributed by atoms with Crippen molar-refractivity contribution in [1.29, 1.82) is 0 Å². The summed E-state index contributed by atoms with van der Waals surface area (Å²) in [7, 11) is 0. The summed E-state index contributed by atoms with van der Waals surface area (Å²) < 4.78 is 4.63. The Bertz CT molecular complexity index is 3110. The first-order chi connectivity index (χ1) is 28.4. The van der Waals surface area contributed by atoms with Crippen molar-refractivity contribution in [3.8, 4) is 11.5 Å². The predicted molar refractivity (Wildman–Crippen MR) is 246 cm³/mol. The molecule has 4 aromatic heterocycles. The molecule has 0 saturated carbocycles. The highest BCUT2D eigenvalue weighted by atomic mass is 15.2. The zero-order chi connectivity index (χ0) is 40.7. The molecule has 0 unspecified atom stereocenters. The van der Waals surface area contributed by atoms with Crippen LogP contribution in [0.3, 0.4) is 0 Å². The van der Waals surface area contributed by atoms with Crippen molar-refractivity contribution < 1.29 is 0 Å². The van der Waals surface area contributed by atoms with Gasteiger partial charge in [0.1, 0.15) is 5.65 Å². The van der Waals surface area contributed by atoms with Gasteiger partial charge in [-0.05, 0) is 88.0 Å². The Labute approximate surface area is 346 Å². The van der Waals surface area contributed by atoms with Gasteiger partial charge in [-0.3, -0.25) is 14.2 Å². The van der Waals surface area contributed by atoms with Gasteiger partial charge in [0.15, 0.2) is 5.82 Å². The van der Waals surface area contributed by atoms with Gasteiger partial charge >= 0.3 is 0 Å². The van der Waals surface area contributed by atoms with E-state index in [9.17, 15) is 0 Å². The number of hydrogen-bond donors (Lipinski definition) is 1. The average molecular weight is 768 g/mol. The van der Waals surface area contributed by atoms with Crippen LogP contribution in [-0.4, -0.2) is 24.3 Å². The molecule has 0 bridgehead atoms. The molecule has 0 saturated heterocycles. The minimum absolute atomic E-state index is 0.00906. The van der Waals surface area contributed by atoms with Crippen LogP contribution in [0.15, 0.2) is 164 Å². The highest BCUT2D eigenvalue weighted by molar-refractivity contribution is 6.10. The van der Waals surface area contributed by atoms with Crippen molar-refractivity contribution in [1.82, 2.24) is 24.3 Å². The summed E-state index contributed by atoms with van der Waals surface area (Å²) in [6, 6.07) is 60.3. The first kappa shape index (κ1) is 36.6. The molecule has 5 nitrogen and oxygen atoms in total. The number of aromatic nitrogens is 5. The number of hydrogen-bond acceptors (Lipinski definition) is 2. The van der Waals surface area contributed by atoms with Crippen LogP contribution < -0.4 is 0 Å². The minimum atomic E-state index is -0.823. The molecule has 59 heavy (non-hydrogen) atoms. The summed E-state index contributed by atoms with van der Waals surface area (Å²) >= 11 is 0. The molecule has 1 N–H and O–H groups in total. The number of pyridine rings is 1. The number of rotatable bonds is 6. The number of aryl methyl sites for hydroxylation is 1. The van der Waals surface area contributed by atoms with Crippen molar-refractivity contribution in [2.75, 3.05) is 0 Å². The fourth-order valence-electron chi connectivity index (χ4n) is 9.24. The molecule has 4 heterocycles. The van der Waals surface area contributed by atoms with Gasteiger partial charge in [-0.25, -0.2) is 4.98 Å². The van der Waals surface area contributed by atoms with Gasteiger partial charge in [-0.15, -0.1) is 0 Å². The lowest BCUT2D eigenvalue weighted by Gasteiger charge is -2.37. The van der Waals surface area contributed by atoms with Crippen molar-refractivity contribution in [2.45, 2.75) is 64.7 Å². The van der Waals surface area contributed by atoms with Gasteiger partial charge in [0.2, 0.25) is 0 Å². The molecular weight excluding hydrogens is 719 g/mol. The van der Waals surface area contributed by atoms with E-state index in [4.69, 9.17) is 10.1 Å². The normalized spacial score (nSPS) is 12.7. The summed E-state index contributed by atoms with van der Waals surface area (Å²) in [4.78, 5) is 5.88. The Kier molecular flexibility index (Phi) is 8.33. The molecule has 0 aliphatic rings. The van der Waals surface area contributed by atoms with E-state index >= 15 is 0 Å². The van der Waals surface area contributed by atoms with Crippen LogP contribution in [0.1, 0.15) is 80.7 Å². The van der Waals surface area contributed by atoms with Gasteiger partial charge in [0.05, 0.1) is 27.7 Å².